The predicted octanol–water partition coefficient (Wildman–Crippen LogP) is 0.545. The van der Waals surface area contributed by atoms with E-state index in [-0.39, 0.29) is 41.8 Å². The first kappa shape index (κ1) is 19.9. The van der Waals surface area contributed by atoms with E-state index in [9.17, 15) is 14.4 Å². The van der Waals surface area contributed by atoms with E-state index in [4.69, 9.17) is 0 Å². The molecule has 2 heterocycles. The van der Waals surface area contributed by atoms with Crippen molar-refractivity contribution in [3.63, 3.8) is 0 Å². The molecular weight excluding hydrogens is 368 g/mol. The number of hydrogen-bond acceptors (Lipinski definition) is 4. The van der Waals surface area contributed by atoms with Crippen molar-refractivity contribution >= 4 is 17.7 Å². The van der Waals surface area contributed by atoms with Crippen LogP contribution < -0.4 is 10.6 Å². The van der Waals surface area contributed by atoms with Gasteiger partial charge in [-0.1, -0.05) is 30.3 Å². The van der Waals surface area contributed by atoms with Gasteiger partial charge < -0.3 is 15.5 Å². The summed E-state index contributed by atoms with van der Waals surface area (Å²) >= 11 is 0. The number of benzene rings is 1. The molecule has 7 heteroatoms. The second-order valence-electron chi connectivity index (χ2n) is 8.54. The largest absolute Gasteiger partial charge is 0.354 e. The molecule has 1 aromatic carbocycles. The van der Waals surface area contributed by atoms with E-state index in [0.29, 0.717) is 13.1 Å². The summed E-state index contributed by atoms with van der Waals surface area (Å²) in [5.74, 6) is 0.213. The minimum absolute atomic E-state index is 0.0113. The van der Waals surface area contributed by atoms with Crippen LogP contribution in [-0.4, -0.2) is 71.8 Å². The van der Waals surface area contributed by atoms with Crippen molar-refractivity contribution in [2.75, 3.05) is 26.2 Å². The van der Waals surface area contributed by atoms with Crippen LogP contribution in [0.5, 0.6) is 0 Å². The quantitative estimate of drug-likeness (QED) is 0.703. The van der Waals surface area contributed by atoms with Gasteiger partial charge in [0.05, 0.1) is 0 Å². The lowest BCUT2D eigenvalue weighted by atomic mass is 10.0. The predicted molar refractivity (Wildman–Crippen MR) is 109 cm³/mol. The summed E-state index contributed by atoms with van der Waals surface area (Å²) in [5, 5.41) is 5.96. The Bertz CT molecular complexity index is 765. The molecule has 1 aliphatic carbocycles. The Labute approximate surface area is 171 Å². The molecule has 156 valence electrons. The van der Waals surface area contributed by atoms with E-state index in [2.05, 4.69) is 27.7 Å². The fourth-order valence-corrected chi connectivity index (χ4v) is 4.57. The fourth-order valence-electron chi connectivity index (χ4n) is 4.57. The summed E-state index contributed by atoms with van der Waals surface area (Å²) in [6, 6.07) is 10.1. The number of rotatable bonds is 7. The van der Waals surface area contributed by atoms with Gasteiger partial charge >= 0.3 is 0 Å². The summed E-state index contributed by atoms with van der Waals surface area (Å²) in [6.07, 6.45) is 3.56. The van der Waals surface area contributed by atoms with Crippen LogP contribution in [0.2, 0.25) is 0 Å². The molecular formula is C22H30N4O3. The van der Waals surface area contributed by atoms with E-state index in [1.54, 1.807) is 0 Å². The molecule has 3 fully saturated rings. The first-order chi connectivity index (χ1) is 14.0. The van der Waals surface area contributed by atoms with Gasteiger partial charge in [0, 0.05) is 51.1 Å². The van der Waals surface area contributed by atoms with Crippen LogP contribution in [-0.2, 0) is 20.8 Å². The molecule has 0 spiro atoms. The highest BCUT2D eigenvalue weighted by Crippen LogP contribution is 2.29. The summed E-state index contributed by atoms with van der Waals surface area (Å²) in [7, 11) is 0. The van der Waals surface area contributed by atoms with E-state index < -0.39 is 0 Å². The topological polar surface area (TPSA) is 81.8 Å². The van der Waals surface area contributed by atoms with Crippen LogP contribution >= 0.6 is 0 Å². The number of carbonyl (C=O) groups is 3. The first-order valence-electron chi connectivity index (χ1n) is 10.6. The second kappa shape index (κ2) is 8.53. The molecule has 4 rings (SSSR count). The van der Waals surface area contributed by atoms with Crippen molar-refractivity contribution in [2.45, 2.75) is 50.7 Å². The van der Waals surface area contributed by atoms with Gasteiger partial charge in [-0.25, -0.2) is 0 Å². The van der Waals surface area contributed by atoms with Gasteiger partial charge in [-0.05, 0) is 31.2 Å². The molecule has 1 aromatic rings. The third kappa shape index (κ3) is 4.78. The standard InChI is InChI=1S/C22H30N4O3/c1-15(27)24-18-11-19-14-25(10-9-16-5-3-2-4-6-16)20(22(29)26(19)13-18)12-23-21(28)17-7-8-17/h2-6,17-20H,7-14H2,1H3,(H,23,28)(H,24,27)/t18-,19-,20-/m0/s1. The Morgan fingerprint density at radius 3 is 2.59 bits per heavy atom. The smallest absolute Gasteiger partial charge is 0.242 e. The zero-order valence-corrected chi connectivity index (χ0v) is 17.0. The molecule has 2 aliphatic heterocycles. The lowest BCUT2D eigenvalue weighted by Gasteiger charge is -2.43. The maximum atomic E-state index is 13.3. The average molecular weight is 399 g/mol. The number of hydrogen-bond donors (Lipinski definition) is 2. The SMILES string of the molecule is CC(=O)N[C@H]1C[C@H]2CN(CCc3ccccc3)[C@@H](CNC(=O)C3CC3)C(=O)N2C1. The first-order valence-corrected chi connectivity index (χ1v) is 10.6. The fraction of sp³-hybridized carbons (Fsp3) is 0.591. The minimum Gasteiger partial charge on any atom is -0.354 e. The van der Waals surface area contributed by atoms with E-state index in [0.717, 1.165) is 38.8 Å². The van der Waals surface area contributed by atoms with Gasteiger partial charge in [0.1, 0.15) is 6.04 Å². The summed E-state index contributed by atoms with van der Waals surface area (Å²) < 4.78 is 0. The monoisotopic (exact) mass is 398 g/mol. The molecule has 0 aromatic heterocycles. The van der Waals surface area contributed by atoms with Crippen molar-refractivity contribution in [1.82, 2.24) is 20.4 Å². The maximum absolute atomic E-state index is 13.3. The van der Waals surface area contributed by atoms with Gasteiger partial charge in [-0.2, -0.15) is 0 Å². The molecule has 2 saturated heterocycles. The Morgan fingerprint density at radius 2 is 1.90 bits per heavy atom. The lowest BCUT2D eigenvalue weighted by molar-refractivity contribution is -0.144. The Kier molecular flexibility index (Phi) is 5.85. The molecule has 0 radical (unpaired) electrons. The number of amides is 3. The molecule has 29 heavy (non-hydrogen) atoms. The Hall–Kier alpha value is -2.41. The van der Waals surface area contributed by atoms with Gasteiger partial charge in [0.15, 0.2) is 0 Å². The molecule has 2 N–H and O–H groups in total. The highest BCUT2D eigenvalue weighted by Gasteiger charge is 2.45. The van der Waals surface area contributed by atoms with Gasteiger partial charge in [0.2, 0.25) is 17.7 Å². The number of carbonyl (C=O) groups excluding carboxylic acids is 3. The normalized spacial score (nSPS) is 26.9. The zero-order valence-electron chi connectivity index (χ0n) is 17.0. The van der Waals surface area contributed by atoms with E-state index >= 15 is 0 Å². The zero-order chi connectivity index (χ0) is 20.4. The Morgan fingerprint density at radius 1 is 1.14 bits per heavy atom. The van der Waals surface area contributed by atoms with Crippen molar-refractivity contribution in [1.29, 1.82) is 0 Å². The minimum atomic E-state index is -0.339. The van der Waals surface area contributed by atoms with Gasteiger partial charge in [-0.15, -0.1) is 0 Å². The van der Waals surface area contributed by atoms with Crippen LogP contribution in [0.3, 0.4) is 0 Å². The maximum Gasteiger partial charge on any atom is 0.242 e. The van der Waals surface area contributed by atoms with Crippen LogP contribution in [0.25, 0.3) is 0 Å². The molecule has 0 bridgehead atoms. The third-order valence-corrected chi connectivity index (χ3v) is 6.22. The summed E-state index contributed by atoms with van der Waals surface area (Å²) in [6.45, 7) is 3.98. The molecule has 3 atom stereocenters. The van der Waals surface area contributed by atoms with Crippen molar-refractivity contribution in [3.05, 3.63) is 35.9 Å². The Balaban J connectivity index is 1.44. The molecule has 1 saturated carbocycles. The van der Waals surface area contributed by atoms with Crippen molar-refractivity contribution in [3.8, 4) is 0 Å². The van der Waals surface area contributed by atoms with Crippen LogP contribution in [0.4, 0.5) is 0 Å². The van der Waals surface area contributed by atoms with Crippen LogP contribution in [0.1, 0.15) is 31.7 Å². The van der Waals surface area contributed by atoms with E-state index in [1.165, 1.54) is 12.5 Å². The molecule has 3 amide bonds. The second-order valence-corrected chi connectivity index (χ2v) is 8.54. The van der Waals surface area contributed by atoms with E-state index in [1.807, 2.05) is 23.1 Å². The van der Waals surface area contributed by atoms with Crippen LogP contribution in [0, 0.1) is 5.92 Å². The number of nitrogens with zero attached hydrogens (tertiary/aromatic N) is 2. The highest BCUT2D eigenvalue weighted by molar-refractivity contribution is 5.86. The average Bonchev–Trinajstić information content (AvgIpc) is 3.47. The lowest BCUT2D eigenvalue weighted by Crippen LogP contribution is -2.63. The number of fused-ring (bicyclic) bond motifs is 1. The van der Waals surface area contributed by atoms with Crippen molar-refractivity contribution in [2.24, 2.45) is 5.92 Å². The van der Waals surface area contributed by atoms with Crippen LogP contribution in [0.15, 0.2) is 30.3 Å². The summed E-state index contributed by atoms with van der Waals surface area (Å²) in [5.41, 5.74) is 1.24. The van der Waals surface area contributed by atoms with Gasteiger partial charge in [-0.3, -0.25) is 19.3 Å². The van der Waals surface area contributed by atoms with Crippen molar-refractivity contribution < 1.29 is 14.4 Å². The number of piperazine rings is 1. The molecule has 3 aliphatic rings. The number of nitrogens with one attached hydrogen (secondary N) is 2. The third-order valence-electron chi connectivity index (χ3n) is 6.22. The molecule has 7 nitrogen and oxygen atoms in total. The summed E-state index contributed by atoms with van der Waals surface area (Å²) in [4.78, 5) is 41.0. The highest BCUT2D eigenvalue weighted by atomic mass is 16.2. The van der Waals surface area contributed by atoms with Gasteiger partial charge in [0.25, 0.3) is 0 Å². The molecule has 0 unspecified atom stereocenters.